The lowest BCUT2D eigenvalue weighted by atomic mass is 9.85. The first kappa shape index (κ1) is 18.9. The zero-order valence-corrected chi connectivity index (χ0v) is 14.7. The van der Waals surface area contributed by atoms with Gasteiger partial charge >= 0.3 is 0 Å². The molecule has 124 valence electrons. The number of amides is 1. The summed E-state index contributed by atoms with van der Waals surface area (Å²) >= 11 is 5.88. The van der Waals surface area contributed by atoms with Crippen LogP contribution in [0.1, 0.15) is 31.7 Å². The van der Waals surface area contributed by atoms with Gasteiger partial charge in [-0.05, 0) is 36.6 Å². The van der Waals surface area contributed by atoms with Gasteiger partial charge in [-0.3, -0.25) is 4.79 Å². The van der Waals surface area contributed by atoms with Crippen molar-refractivity contribution in [1.29, 1.82) is 0 Å². The normalized spacial score (nSPS) is 13.1. The third kappa shape index (κ3) is 6.34. The molecule has 2 N–H and O–H groups in total. The van der Waals surface area contributed by atoms with E-state index in [1.165, 1.54) is 7.05 Å². The van der Waals surface area contributed by atoms with Crippen LogP contribution >= 0.6 is 11.6 Å². The van der Waals surface area contributed by atoms with Crippen LogP contribution in [-0.2, 0) is 14.8 Å². The number of carbonyl (C=O) groups is 1. The maximum Gasteiger partial charge on any atom is 0.220 e. The summed E-state index contributed by atoms with van der Waals surface area (Å²) in [7, 11) is -1.94. The van der Waals surface area contributed by atoms with Crippen LogP contribution in [0, 0.1) is 5.92 Å². The van der Waals surface area contributed by atoms with Gasteiger partial charge in [-0.15, -0.1) is 0 Å². The van der Waals surface area contributed by atoms with Crippen molar-refractivity contribution in [3.8, 4) is 0 Å². The molecule has 0 spiro atoms. The summed E-state index contributed by atoms with van der Waals surface area (Å²) in [6.45, 7) is 4.21. The van der Waals surface area contributed by atoms with Crippen molar-refractivity contribution in [3.63, 3.8) is 0 Å². The van der Waals surface area contributed by atoms with Crippen LogP contribution in [0.4, 0.5) is 0 Å². The van der Waals surface area contributed by atoms with E-state index in [2.05, 4.69) is 23.9 Å². The quantitative estimate of drug-likeness (QED) is 0.757. The van der Waals surface area contributed by atoms with Crippen LogP contribution in [0.15, 0.2) is 24.3 Å². The van der Waals surface area contributed by atoms with Gasteiger partial charge in [0.15, 0.2) is 0 Å². The Morgan fingerprint density at radius 3 is 2.32 bits per heavy atom. The molecule has 1 amide bonds. The number of carbonyl (C=O) groups excluding carboxylic acids is 1. The summed E-state index contributed by atoms with van der Waals surface area (Å²) < 4.78 is 24.8. The van der Waals surface area contributed by atoms with E-state index < -0.39 is 10.0 Å². The lowest BCUT2D eigenvalue weighted by molar-refractivity contribution is -0.121. The van der Waals surface area contributed by atoms with Crippen molar-refractivity contribution in [1.82, 2.24) is 10.0 Å². The second-order valence-corrected chi connectivity index (χ2v) is 7.96. The molecule has 0 aliphatic carbocycles. The molecule has 0 aliphatic heterocycles. The minimum Gasteiger partial charge on any atom is -0.355 e. The summed E-state index contributed by atoms with van der Waals surface area (Å²) in [5, 5.41) is 3.32. The van der Waals surface area contributed by atoms with Crippen molar-refractivity contribution >= 4 is 27.5 Å². The van der Waals surface area contributed by atoms with Crippen LogP contribution in [-0.4, -0.2) is 33.7 Å². The molecule has 0 bridgehead atoms. The maximum atomic E-state index is 12.0. The molecule has 7 heteroatoms. The summed E-state index contributed by atoms with van der Waals surface area (Å²) in [6.07, 6.45) is 0.318. The predicted octanol–water partition coefficient (Wildman–Crippen LogP) is 2.14. The molecule has 0 saturated heterocycles. The molecule has 0 heterocycles. The largest absolute Gasteiger partial charge is 0.355 e. The second kappa shape index (κ2) is 8.50. The number of nitrogens with one attached hydrogen (secondary N) is 2. The van der Waals surface area contributed by atoms with Gasteiger partial charge in [0.1, 0.15) is 0 Å². The highest BCUT2D eigenvalue weighted by Crippen LogP contribution is 2.28. The number of halogens is 1. The Kier molecular flexibility index (Phi) is 7.32. The number of hydrogen-bond donors (Lipinski definition) is 2. The molecule has 0 saturated carbocycles. The van der Waals surface area contributed by atoms with E-state index in [0.717, 1.165) is 5.56 Å². The third-order valence-electron chi connectivity index (χ3n) is 3.51. The first-order valence-electron chi connectivity index (χ1n) is 7.18. The highest BCUT2D eigenvalue weighted by molar-refractivity contribution is 7.89. The van der Waals surface area contributed by atoms with Gasteiger partial charge in [0.05, 0.1) is 5.75 Å². The summed E-state index contributed by atoms with van der Waals surface area (Å²) in [5.74, 6) is 0.0776. The molecule has 5 nitrogen and oxygen atoms in total. The smallest absolute Gasteiger partial charge is 0.220 e. The van der Waals surface area contributed by atoms with Gasteiger partial charge in [-0.2, -0.15) is 0 Å². The van der Waals surface area contributed by atoms with E-state index in [9.17, 15) is 13.2 Å². The molecule has 22 heavy (non-hydrogen) atoms. The highest BCUT2D eigenvalue weighted by atomic mass is 35.5. The summed E-state index contributed by atoms with van der Waals surface area (Å²) in [6, 6.07) is 7.46. The molecule has 0 fully saturated rings. The number of hydrogen-bond acceptors (Lipinski definition) is 3. The first-order valence-corrected chi connectivity index (χ1v) is 9.21. The molecule has 1 rings (SSSR count). The van der Waals surface area contributed by atoms with Gasteiger partial charge in [0, 0.05) is 18.0 Å². The van der Waals surface area contributed by atoms with Crippen molar-refractivity contribution in [3.05, 3.63) is 34.9 Å². The van der Waals surface area contributed by atoms with Gasteiger partial charge in [-0.25, -0.2) is 13.1 Å². The number of rotatable bonds is 8. The molecule has 1 aromatic carbocycles. The highest BCUT2D eigenvalue weighted by Gasteiger charge is 2.19. The molecule has 1 atom stereocenters. The number of sulfonamides is 1. The predicted molar refractivity (Wildman–Crippen MR) is 89.5 cm³/mol. The Hall–Kier alpha value is -1.11. The molecule has 1 aromatic rings. The summed E-state index contributed by atoms with van der Waals surface area (Å²) in [5.41, 5.74) is 1.05. The van der Waals surface area contributed by atoms with E-state index in [0.29, 0.717) is 11.4 Å². The van der Waals surface area contributed by atoms with E-state index in [1.807, 2.05) is 24.3 Å². The maximum absolute atomic E-state index is 12.0. The summed E-state index contributed by atoms with van der Waals surface area (Å²) in [4.78, 5) is 12.0. The molecular formula is C15H23ClN2O3S. The molecule has 0 radical (unpaired) electrons. The molecule has 0 aromatic heterocycles. The first-order chi connectivity index (χ1) is 10.2. The van der Waals surface area contributed by atoms with E-state index in [-0.39, 0.29) is 30.0 Å². The van der Waals surface area contributed by atoms with Crippen LogP contribution in [0.2, 0.25) is 5.02 Å². The SMILES string of the molecule is CNS(=O)(=O)CCNC(=O)CC(c1ccc(Cl)cc1)C(C)C. The third-order valence-corrected chi connectivity index (χ3v) is 5.13. The van der Waals surface area contributed by atoms with Crippen molar-refractivity contribution in [2.24, 2.45) is 5.92 Å². The minimum absolute atomic E-state index is 0.0678. The van der Waals surface area contributed by atoms with Gasteiger partial charge in [-0.1, -0.05) is 37.6 Å². The topological polar surface area (TPSA) is 75.3 Å². The molecular weight excluding hydrogens is 324 g/mol. The van der Waals surface area contributed by atoms with Crippen molar-refractivity contribution in [2.75, 3.05) is 19.3 Å². The van der Waals surface area contributed by atoms with Gasteiger partial charge in [0.2, 0.25) is 15.9 Å². The van der Waals surface area contributed by atoms with E-state index in [1.54, 1.807) is 0 Å². The van der Waals surface area contributed by atoms with Crippen LogP contribution < -0.4 is 10.0 Å². The average molecular weight is 347 g/mol. The van der Waals surface area contributed by atoms with Crippen molar-refractivity contribution in [2.45, 2.75) is 26.2 Å². The fourth-order valence-corrected chi connectivity index (χ4v) is 2.85. The van der Waals surface area contributed by atoms with E-state index in [4.69, 9.17) is 11.6 Å². The Balaban J connectivity index is 2.60. The minimum atomic E-state index is -3.30. The monoisotopic (exact) mass is 346 g/mol. The standard InChI is InChI=1S/C15H23ClN2O3S/c1-11(2)14(12-4-6-13(16)7-5-12)10-15(19)18-8-9-22(20,21)17-3/h4-7,11,14,17H,8-10H2,1-3H3,(H,18,19). The lowest BCUT2D eigenvalue weighted by Gasteiger charge is -2.21. The zero-order chi connectivity index (χ0) is 16.8. The van der Waals surface area contributed by atoms with E-state index >= 15 is 0 Å². The Morgan fingerprint density at radius 2 is 1.82 bits per heavy atom. The Bertz CT molecular complexity index is 585. The fraction of sp³-hybridized carbons (Fsp3) is 0.533. The van der Waals surface area contributed by atoms with Crippen molar-refractivity contribution < 1.29 is 13.2 Å². The molecule has 0 aliphatic rings. The van der Waals surface area contributed by atoms with Gasteiger partial charge in [0.25, 0.3) is 0 Å². The van der Waals surface area contributed by atoms with Crippen LogP contribution in [0.25, 0.3) is 0 Å². The molecule has 1 unspecified atom stereocenters. The van der Waals surface area contributed by atoms with Gasteiger partial charge < -0.3 is 5.32 Å². The Labute approximate surface area is 137 Å². The number of benzene rings is 1. The average Bonchev–Trinajstić information content (AvgIpc) is 2.45. The fourth-order valence-electron chi connectivity index (χ4n) is 2.15. The Morgan fingerprint density at radius 1 is 1.23 bits per heavy atom. The zero-order valence-electron chi connectivity index (χ0n) is 13.1. The van der Waals surface area contributed by atoms with Crippen LogP contribution in [0.5, 0.6) is 0 Å². The lowest BCUT2D eigenvalue weighted by Crippen LogP contribution is -2.33. The van der Waals surface area contributed by atoms with Crippen LogP contribution in [0.3, 0.4) is 0 Å². The second-order valence-electron chi connectivity index (χ2n) is 5.48.